The minimum absolute atomic E-state index is 0.0837. The number of carbonyl (C=O) groups is 1. The van der Waals surface area contributed by atoms with Crippen molar-refractivity contribution >= 4 is 17.5 Å². The molecule has 0 saturated carbocycles. The zero-order valence-corrected chi connectivity index (χ0v) is 15.5. The number of rotatable bonds is 5. The SMILES string of the molecule is CC(C)C(CN1CCCC(F)(F)C1)N(C)C(=O)c1ccc(F)c(Cl)c1. The van der Waals surface area contributed by atoms with Gasteiger partial charge in [0.2, 0.25) is 0 Å². The molecular weight excluding hydrogens is 353 g/mol. The van der Waals surface area contributed by atoms with Crippen molar-refractivity contribution in [3.05, 3.63) is 34.6 Å². The third-order valence-electron chi connectivity index (χ3n) is 4.67. The summed E-state index contributed by atoms with van der Waals surface area (Å²) in [7, 11) is 1.65. The van der Waals surface area contributed by atoms with E-state index in [-0.39, 0.29) is 41.4 Å². The Bertz CT molecular complexity index is 624. The monoisotopic (exact) mass is 376 g/mol. The summed E-state index contributed by atoms with van der Waals surface area (Å²) in [5.41, 5.74) is 0.281. The first-order valence-electron chi connectivity index (χ1n) is 8.43. The van der Waals surface area contributed by atoms with Crippen LogP contribution in [0, 0.1) is 11.7 Å². The number of likely N-dealkylation sites (N-methyl/N-ethyl adjacent to an activating group) is 1. The molecule has 0 bridgehead atoms. The highest BCUT2D eigenvalue weighted by molar-refractivity contribution is 6.31. The topological polar surface area (TPSA) is 23.6 Å². The van der Waals surface area contributed by atoms with Crippen LogP contribution < -0.4 is 0 Å². The minimum atomic E-state index is -2.67. The van der Waals surface area contributed by atoms with E-state index in [1.165, 1.54) is 12.1 Å². The molecule has 25 heavy (non-hydrogen) atoms. The molecule has 1 saturated heterocycles. The number of nitrogens with zero attached hydrogens (tertiary/aromatic N) is 2. The van der Waals surface area contributed by atoms with Crippen LogP contribution in [0.3, 0.4) is 0 Å². The van der Waals surface area contributed by atoms with Crippen molar-refractivity contribution in [3.63, 3.8) is 0 Å². The molecule has 1 aliphatic rings. The Hall–Kier alpha value is -1.27. The van der Waals surface area contributed by atoms with E-state index in [2.05, 4.69) is 0 Å². The van der Waals surface area contributed by atoms with Gasteiger partial charge in [-0.2, -0.15) is 0 Å². The highest BCUT2D eigenvalue weighted by Crippen LogP contribution is 2.27. The van der Waals surface area contributed by atoms with E-state index in [0.717, 1.165) is 6.07 Å². The fraction of sp³-hybridized carbons (Fsp3) is 0.611. The average molecular weight is 377 g/mol. The number of piperidine rings is 1. The van der Waals surface area contributed by atoms with Crippen LogP contribution in [0.5, 0.6) is 0 Å². The number of likely N-dealkylation sites (tertiary alicyclic amines) is 1. The van der Waals surface area contributed by atoms with Gasteiger partial charge >= 0.3 is 0 Å². The Morgan fingerprint density at radius 2 is 2.08 bits per heavy atom. The van der Waals surface area contributed by atoms with Crippen LogP contribution in [0.25, 0.3) is 0 Å². The molecule has 0 spiro atoms. The largest absolute Gasteiger partial charge is 0.337 e. The standard InChI is InChI=1S/C18H24ClF3N2O/c1-12(2)16(10-24-8-4-7-18(21,22)11-24)23(3)17(25)13-5-6-15(20)14(19)9-13/h5-6,9,12,16H,4,7-8,10-11H2,1-3H3. The molecule has 2 rings (SSSR count). The normalized spacial score (nSPS) is 19.0. The number of hydrogen-bond donors (Lipinski definition) is 0. The maximum Gasteiger partial charge on any atom is 0.260 e. The van der Waals surface area contributed by atoms with Crippen LogP contribution in [0.2, 0.25) is 5.02 Å². The van der Waals surface area contributed by atoms with E-state index in [1.54, 1.807) is 16.8 Å². The lowest BCUT2D eigenvalue weighted by atomic mass is 9.99. The average Bonchev–Trinajstić information content (AvgIpc) is 2.52. The van der Waals surface area contributed by atoms with Crippen LogP contribution in [-0.2, 0) is 0 Å². The lowest BCUT2D eigenvalue weighted by Crippen LogP contribution is -2.52. The molecule has 1 atom stereocenters. The Balaban J connectivity index is 2.12. The summed E-state index contributed by atoms with van der Waals surface area (Å²) >= 11 is 5.75. The maximum atomic E-state index is 13.6. The van der Waals surface area contributed by atoms with Crippen molar-refractivity contribution in [3.8, 4) is 0 Å². The second kappa shape index (κ2) is 7.96. The van der Waals surface area contributed by atoms with Gasteiger partial charge in [-0.1, -0.05) is 25.4 Å². The van der Waals surface area contributed by atoms with Crippen molar-refractivity contribution in [2.75, 3.05) is 26.7 Å². The molecule has 3 nitrogen and oxygen atoms in total. The van der Waals surface area contributed by atoms with Crippen LogP contribution in [-0.4, -0.2) is 54.4 Å². The van der Waals surface area contributed by atoms with Gasteiger partial charge < -0.3 is 4.90 Å². The summed E-state index contributed by atoms with van der Waals surface area (Å²) in [6, 6.07) is 3.60. The Morgan fingerprint density at radius 1 is 1.40 bits per heavy atom. The maximum absolute atomic E-state index is 13.6. The zero-order valence-electron chi connectivity index (χ0n) is 14.7. The molecule has 1 heterocycles. The van der Waals surface area contributed by atoms with Gasteiger partial charge in [0.1, 0.15) is 5.82 Å². The number of alkyl halides is 2. The van der Waals surface area contributed by atoms with Crippen LogP contribution in [0.4, 0.5) is 13.2 Å². The van der Waals surface area contributed by atoms with Gasteiger partial charge in [0.25, 0.3) is 11.8 Å². The third-order valence-corrected chi connectivity index (χ3v) is 4.96. The fourth-order valence-corrected chi connectivity index (χ4v) is 3.41. The van der Waals surface area contributed by atoms with Crippen molar-refractivity contribution in [2.24, 2.45) is 5.92 Å². The second-order valence-electron chi connectivity index (χ2n) is 7.05. The molecular formula is C18H24ClF3N2O. The highest BCUT2D eigenvalue weighted by Gasteiger charge is 2.37. The van der Waals surface area contributed by atoms with E-state index in [4.69, 9.17) is 11.6 Å². The molecule has 1 fully saturated rings. The molecule has 1 aromatic rings. The second-order valence-corrected chi connectivity index (χ2v) is 7.46. The summed E-state index contributed by atoms with van der Waals surface area (Å²) in [6.07, 6.45) is 0.363. The van der Waals surface area contributed by atoms with Crippen LogP contribution in [0.1, 0.15) is 37.0 Å². The molecule has 1 unspecified atom stereocenters. The highest BCUT2D eigenvalue weighted by atomic mass is 35.5. The van der Waals surface area contributed by atoms with Gasteiger partial charge in [0.05, 0.1) is 11.6 Å². The van der Waals surface area contributed by atoms with E-state index >= 15 is 0 Å². The van der Waals surface area contributed by atoms with Gasteiger partial charge in [-0.25, -0.2) is 13.2 Å². The fourth-order valence-electron chi connectivity index (χ4n) is 3.23. The van der Waals surface area contributed by atoms with Crippen LogP contribution >= 0.6 is 11.6 Å². The van der Waals surface area contributed by atoms with Gasteiger partial charge in [0.15, 0.2) is 0 Å². The predicted molar refractivity (Wildman–Crippen MR) is 92.8 cm³/mol. The number of carbonyl (C=O) groups excluding carboxylic acids is 1. The number of halogens is 4. The Kier molecular flexibility index (Phi) is 6.38. The number of benzene rings is 1. The first-order chi connectivity index (χ1) is 11.6. The first-order valence-corrected chi connectivity index (χ1v) is 8.81. The number of amides is 1. The Labute approximate surface area is 151 Å². The van der Waals surface area contributed by atoms with Gasteiger partial charge in [0, 0.05) is 31.6 Å². The molecule has 140 valence electrons. The van der Waals surface area contributed by atoms with Crippen molar-refractivity contribution in [1.29, 1.82) is 0 Å². The molecule has 1 amide bonds. The molecule has 0 aliphatic carbocycles. The van der Waals surface area contributed by atoms with E-state index in [9.17, 15) is 18.0 Å². The third kappa shape index (κ3) is 5.11. The van der Waals surface area contributed by atoms with Crippen molar-refractivity contribution < 1.29 is 18.0 Å². The summed E-state index contributed by atoms with van der Waals surface area (Å²) in [4.78, 5) is 16.0. The quantitative estimate of drug-likeness (QED) is 0.764. The molecule has 1 aromatic carbocycles. The van der Waals surface area contributed by atoms with Crippen LogP contribution in [0.15, 0.2) is 18.2 Å². The summed E-state index contributed by atoms with van der Waals surface area (Å²) in [6.45, 7) is 4.61. The number of hydrogen-bond acceptors (Lipinski definition) is 2. The summed E-state index contributed by atoms with van der Waals surface area (Å²) in [5, 5.41) is -0.115. The zero-order chi connectivity index (χ0) is 18.8. The smallest absolute Gasteiger partial charge is 0.260 e. The van der Waals surface area contributed by atoms with Gasteiger partial charge in [-0.05, 0) is 37.1 Å². The predicted octanol–water partition coefficient (Wildman–Crippen LogP) is 4.31. The van der Waals surface area contributed by atoms with E-state index in [1.807, 2.05) is 13.8 Å². The Morgan fingerprint density at radius 3 is 2.64 bits per heavy atom. The first kappa shape index (κ1) is 20.0. The lowest BCUT2D eigenvalue weighted by Gasteiger charge is -2.39. The van der Waals surface area contributed by atoms with Gasteiger partial charge in [-0.15, -0.1) is 0 Å². The molecule has 1 aliphatic heterocycles. The summed E-state index contributed by atoms with van der Waals surface area (Å²) < 4.78 is 40.6. The van der Waals surface area contributed by atoms with E-state index < -0.39 is 11.7 Å². The molecule has 7 heteroatoms. The summed E-state index contributed by atoms with van der Waals surface area (Å²) in [5.74, 6) is -3.48. The molecule has 0 aromatic heterocycles. The molecule has 0 radical (unpaired) electrons. The lowest BCUT2D eigenvalue weighted by molar-refractivity contribution is -0.0690. The minimum Gasteiger partial charge on any atom is -0.337 e. The van der Waals surface area contributed by atoms with Crippen molar-refractivity contribution in [1.82, 2.24) is 9.80 Å². The van der Waals surface area contributed by atoms with Gasteiger partial charge in [-0.3, -0.25) is 9.69 Å². The van der Waals surface area contributed by atoms with Crippen molar-refractivity contribution in [2.45, 2.75) is 38.7 Å². The van der Waals surface area contributed by atoms with E-state index in [0.29, 0.717) is 19.5 Å². The molecule has 0 N–H and O–H groups in total.